The highest BCUT2D eigenvalue weighted by molar-refractivity contribution is 5.96. The number of hydrogen-bond donors (Lipinski definition) is 12. The lowest BCUT2D eigenvalue weighted by atomic mass is 10.0. The van der Waals surface area contributed by atoms with Crippen molar-refractivity contribution in [3.63, 3.8) is 0 Å². The molecule has 21 nitrogen and oxygen atoms in total. The third kappa shape index (κ3) is 19.2. The molecule has 0 spiro atoms. The number of aliphatic carboxylic acids is 2. The molecule has 0 aromatic heterocycles. The molecule has 0 heterocycles. The molecule has 0 unspecified atom stereocenters. The Balaban J connectivity index is 2.91. The highest BCUT2D eigenvalue weighted by Gasteiger charge is 2.30. The minimum absolute atomic E-state index is 0.100. The van der Waals surface area contributed by atoms with Crippen LogP contribution < -0.4 is 54.8 Å². The van der Waals surface area contributed by atoms with Crippen LogP contribution in [-0.2, 0) is 49.6 Å². The first-order chi connectivity index (χ1) is 25.6. The topological polar surface area (TPSA) is 370 Å². The number of hydrogen-bond acceptors (Lipinski definition) is 12. The average molecular weight is 765 g/mol. The van der Waals surface area contributed by atoms with Crippen molar-refractivity contribution < 1.29 is 53.4 Å². The quantitative estimate of drug-likeness (QED) is 0.0375. The van der Waals surface area contributed by atoms with Crippen LogP contribution in [0, 0.1) is 0 Å². The molecule has 1 rings (SSSR count). The van der Waals surface area contributed by atoms with Gasteiger partial charge in [-0.2, -0.15) is 0 Å². The second-order valence-electron chi connectivity index (χ2n) is 12.3. The second kappa shape index (κ2) is 25.3. The Bertz CT molecular complexity index is 1450. The Morgan fingerprint density at radius 2 is 1.11 bits per heavy atom. The molecule has 300 valence electrons. The number of amides is 7. The van der Waals surface area contributed by atoms with Gasteiger partial charge in [0.25, 0.3) is 0 Å². The van der Waals surface area contributed by atoms with Gasteiger partial charge < -0.3 is 65.0 Å². The highest BCUT2D eigenvalue weighted by Crippen LogP contribution is 2.07. The minimum Gasteiger partial charge on any atom is -0.481 e. The zero-order valence-electron chi connectivity index (χ0n) is 29.8. The monoisotopic (exact) mass is 764 g/mol. The molecule has 0 bridgehead atoms. The molecule has 16 N–H and O–H groups in total. The van der Waals surface area contributed by atoms with E-state index in [4.69, 9.17) is 28.0 Å². The standard InChI is InChI=1S/C33H52N10O11/c34-12-6-4-10-21(42-31(51)22(11-5-7-13-35)41-29(49)20(36)15-25(37)44)30(50)39-17-26(45)38-18-27(46)40-23(14-19-8-2-1-3-9-19)32(52)43-24(33(53)54)16-28(47)48/h1-3,8-9,20-24H,4-7,10-18,34-36H2,(H2,37,44)(H,38,45)(H,39,50)(H,40,46)(H,41,49)(H,42,51)(H,43,52)(H,47,48)(H,53,54)/t20-,21-,22-,23-,24-/m0/s1. The number of carbonyl (C=O) groups excluding carboxylic acids is 7. The Hall–Kier alpha value is -5.67. The van der Waals surface area contributed by atoms with Gasteiger partial charge in [-0.1, -0.05) is 30.3 Å². The molecule has 0 saturated heterocycles. The first kappa shape index (κ1) is 46.4. The van der Waals surface area contributed by atoms with E-state index in [9.17, 15) is 48.3 Å². The summed E-state index contributed by atoms with van der Waals surface area (Å²) < 4.78 is 0. The van der Waals surface area contributed by atoms with Crippen LogP contribution in [0.2, 0.25) is 0 Å². The lowest BCUT2D eigenvalue weighted by Crippen LogP contribution is -2.56. The highest BCUT2D eigenvalue weighted by atomic mass is 16.4. The zero-order chi connectivity index (χ0) is 40.6. The molecule has 21 heteroatoms. The summed E-state index contributed by atoms with van der Waals surface area (Å²) in [4.78, 5) is 111. The van der Waals surface area contributed by atoms with Crippen LogP contribution in [0.4, 0.5) is 0 Å². The van der Waals surface area contributed by atoms with Gasteiger partial charge >= 0.3 is 11.9 Å². The van der Waals surface area contributed by atoms with E-state index in [0.29, 0.717) is 44.3 Å². The van der Waals surface area contributed by atoms with Gasteiger partial charge in [-0.05, 0) is 57.2 Å². The number of carboxylic acids is 2. The van der Waals surface area contributed by atoms with Crippen molar-refractivity contribution >= 4 is 53.3 Å². The maximum absolute atomic E-state index is 13.3. The number of unbranched alkanes of at least 4 members (excludes halogenated alkanes) is 2. The third-order valence-corrected chi connectivity index (χ3v) is 7.71. The predicted octanol–water partition coefficient (Wildman–Crippen LogP) is -4.58. The van der Waals surface area contributed by atoms with Gasteiger partial charge in [0.05, 0.1) is 32.0 Å². The van der Waals surface area contributed by atoms with Gasteiger partial charge in [0, 0.05) is 6.42 Å². The van der Waals surface area contributed by atoms with Crippen LogP contribution in [0.15, 0.2) is 30.3 Å². The summed E-state index contributed by atoms with van der Waals surface area (Å²) in [6.45, 7) is -0.664. The van der Waals surface area contributed by atoms with Gasteiger partial charge in [-0.25, -0.2) is 4.79 Å². The summed E-state index contributed by atoms with van der Waals surface area (Å²) in [5, 5.41) is 32.5. The van der Waals surface area contributed by atoms with E-state index >= 15 is 0 Å². The first-order valence-electron chi connectivity index (χ1n) is 17.2. The molecule has 0 fully saturated rings. The van der Waals surface area contributed by atoms with Gasteiger partial charge in [0.15, 0.2) is 0 Å². The average Bonchev–Trinajstić information content (AvgIpc) is 3.11. The van der Waals surface area contributed by atoms with Gasteiger partial charge in [0.2, 0.25) is 41.4 Å². The molecule has 1 aromatic rings. The third-order valence-electron chi connectivity index (χ3n) is 7.71. The van der Waals surface area contributed by atoms with E-state index in [1.807, 2.05) is 0 Å². The van der Waals surface area contributed by atoms with E-state index in [1.54, 1.807) is 30.3 Å². The molecule has 0 aliphatic carbocycles. The number of rotatable bonds is 27. The molecule has 5 atom stereocenters. The lowest BCUT2D eigenvalue weighted by molar-refractivity contribution is -0.147. The van der Waals surface area contributed by atoms with E-state index in [1.165, 1.54) is 0 Å². The Labute approximate surface area is 311 Å². The fourth-order valence-electron chi connectivity index (χ4n) is 4.87. The van der Waals surface area contributed by atoms with Gasteiger partial charge in [-0.3, -0.25) is 38.4 Å². The van der Waals surface area contributed by atoms with Crippen molar-refractivity contribution in [1.82, 2.24) is 31.9 Å². The molecular weight excluding hydrogens is 712 g/mol. The summed E-state index contributed by atoms with van der Waals surface area (Å²) in [6, 6.07) is 1.60. The van der Waals surface area contributed by atoms with E-state index < -0.39 is 109 Å². The molecular formula is C33H52N10O11. The largest absolute Gasteiger partial charge is 0.481 e. The molecule has 1 aromatic carbocycles. The smallest absolute Gasteiger partial charge is 0.326 e. The Kier molecular flexibility index (Phi) is 21.7. The minimum atomic E-state index is -1.77. The number of nitrogens with two attached hydrogens (primary N) is 4. The lowest BCUT2D eigenvalue weighted by Gasteiger charge is -2.24. The van der Waals surface area contributed by atoms with E-state index in [-0.39, 0.29) is 19.3 Å². The number of nitrogens with one attached hydrogen (secondary N) is 6. The van der Waals surface area contributed by atoms with Crippen molar-refractivity contribution in [1.29, 1.82) is 0 Å². The molecule has 0 saturated carbocycles. The number of carboxylic acid groups (broad SMARTS) is 2. The maximum Gasteiger partial charge on any atom is 0.326 e. The summed E-state index contributed by atoms with van der Waals surface area (Å²) in [5.74, 6) is -8.83. The molecule has 0 radical (unpaired) electrons. The summed E-state index contributed by atoms with van der Waals surface area (Å²) in [7, 11) is 0. The van der Waals surface area contributed by atoms with Crippen LogP contribution in [0.25, 0.3) is 0 Å². The normalized spacial score (nSPS) is 13.5. The SMILES string of the molecule is NCCCC[C@H](NC(=O)[C@H](CCCCN)NC(=O)[C@@H](N)CC(N)=O)C(=O)NCC(=O)NCC(=O)N[C@@H](Cc1ccccc1)C(=O)N[C@@H](CC(=O)O)C(=O)O. The fourth-order valence-corrected chi connectivity index (χ4v) is 4.87. The summed E-state index contributed by atoms with van der Waals surface area (Å²) in [5.41, 5.74) is 22.5. The summed E-state index contributed by atoms with van der Waals surface area (Å²) in [6.07, 6.45) is 0.663. The zero-order valence-corrected chi connectivity index (χ0v) is 29.8. The van der Waals surface area contributed by atoms with Crippen molar-refractivity contribution in [3.8, 4) is 0 Å². The van der Waals surface area contributed by atoms with Crippen LogP contribution in [0.1, 0.15) is 56.9 Å². The second-order valence-corrected chi connectivity index (χ2v) is 12.3. The fraction of sp³-hybridized carbons (Fsp3) is 0.545. The molecule has 0 aliphatic heterocycles. The van der Waals surface area contributed by atoms with E-state index in [0.717, 1.165) is 0 Å². The van der Waals surface area contributed by atoms with Crippen molar-refractivity contribution in [3.05, 3.63) is 35.9 Å². The number of carbonyl (C=O) groups is 9. The Morgan fingerprint density at radius 3 is 1.65 bits per heavy atom. The predicted molar refractivity (Wildman–Crippen MR) is 191 cm³/mol. The van der Waals surface area contributed by atoms with Crippen molar-refractivity contribution in [2.45, 2.75) is 88.0 Å². The van der Waals surface area contributed by atoms with Crippen LogP contribution in [-0.4, -0.2) is 120 Å². The van der Waals surface area contributed by atoms with Crippen molar-refractivity contribution in [2.24, 2.45) is 22.9 Å². The molecule has 0 aliphatic rings. The van der Waals surface area contributed by atoms with Gasteiger partial charge in [-0.15, -0.1) is 0 Å². The first-order valence-corrected chi connectivity index (χ1v) is 17.2. The molecule has 54 heavy (non-hydrogen) atoms. The maximum atomic E-state index is 13.3. The number of benzene rings is 1. The number of primary amides is 1. The van der Waals surface area contributed by atoms with E-state index in [2.05, 4.69) is 31.9 Å². The molecule has 7 amide bonds. The van der Waals surface area contributed by atoms with Crippen molar-refractivity contribution in [2.75, 3.05) is 26.2 Å². The van der Waals surface area contributed by atoms with Crippen LogP contribution in [0.3, 0.4) is 0 Å². The Morgan fingerprint density at radius 1 is 0.593 bits per heavy atom. The van der Waals surface area contributed by atoms with Crippen LogP contribution in [0.5, 0.6) is 0 Å². The van der Waals surface area contributed by atoms with Crippen LogP contribution >= 0.6 is 0 Å². The summed E-state index contributed by atoms with van der Waals surface area (Å²) >= 11 is 0. The van der Waals surface area contributed by atoms with Gasteiger partial charge in [0.1, 0.15) is 24.2 Å².